The lowest BCUT2D eigenvalue weighted by Crippen LogP contribution is -2.29. The van der Waals surface area contributed by atoms with Gasteiger partial charge in [0, 0.05) is 5.02 Å². The van der Waals surface area contributed by atoms with E-state index in [4.69, 9.17) is 26.8 Å². The number of nitrogens with two attached hydrogens (primary N) is 1. The van der Waals surface area contributed by atoms with Gasteiger partial charge in [-0.1, -0.05) is 23.7 Å². The first-order valence-corrected chi connectivity index (χ1v) is 6.27. The van der Waals surface area contributed by atoms with Gasteiger partial charge in [-0.05, 0) is 31.5 Å². The number of hydrogen-bond donors (Lipinski definition) is 1. The smallest absolute Gasteiger partial charge is 0.339 e. The minimum Gasteiger partial charge on any atom is -0.472 e. The van der Waals surface area contributed by atoms with E-state index in [1.165, 1.54) is 7.11 Å². The average Bonchev–Trinajstić information content (AvgIpc) is 2.59. The van der Waals surface area contributed by atoms with Gasteiger partial charge in [-0.15, -0.1) is 0 Å². The van der Waals surface area contributed by atoms with Gasteiger partial charge in [-0.3, -0.25) is 0 Å². The maximum Gasteiger partial charge on any atom is 0.339 e. The van der Waals surface area contributed by atoms with Gasteiger partial charge in [-0.25, -0.2) is 4.79 Å². The highest BCUT2D eigenvalue weighted by Crippen LogP contribution is 2.45. The van der Waals surface area contributed by atoms with E-state index in [2.05, 4.69) is 0 Å². The zero-order valence-corrected chi connectivity index (χ0v) is 11.8. The van der Waals surface area contributed by atoms with Gasteiger partial charge in [0.25, 0.3) is 0 Å². The molecule has 19 heavy (non-hydrogen) atoms. The Balaban J connectivity index is 2.50. The van der Waals surface area contributed by atoms with Crippen LogP contribution in [0.3, 0.4) is 0 Å². The summed E-state index contributed by atoms with van der Waals surface area (Å²) in [6.07, 6.45) is 0. The molecule has 1 aromatic rings. The molecule has 0 amide bonds. The number of carbonyl (C=O) groups is 1. The van der Waals surface area contributed by atoms with Crippen LogP contribution in [-0.2, 0) is 14.3 Å². The molecule has 0 spiro atoms. The molecular formula is C14H16ClNO3. The summed E-state index contributed by atoms with van der Waals surface area (Å²) in [6.45, 7) is 3.77. The fraction of sp³-hybridized carbons (Fsp3) is 0.357. The van der Waals surface area contributed by atoms with E-state index in [0.29, 0.717) is 10.6 Å². The summed E-state index contributed by atoms with van der Waals surface area (Å²) in [7, 11) is 1.33. The molecule has 0 aromatic heterocycles. The maximum atomic E-state index is 11.9. The average molecular weight is 282 g/mol. The van der Waals surface area contributed by atoms with E-state index in [0.717, 1.165) is 5.56 Å². The number of halogens is 1. The van der Waals surface area contributed by atoms with Crippen molar-refractivity contribution in [3.8, 4) is 0 Å². The summed E-state index contributed by atoms with van der Waals surface area (Å²) < 4.78 is 10.4. The summed E-state index contributed by atoms with van der Waals surface area (Å²) in [6, 6.07) is 7.27. The molecule has 0 bridgehead atoms. The minimum atomic E-state index is -0.610. The molecule has 1 atom stereocenters. The molecule has 102 valence electrons. The summed E-state index contributed by atoms with van der Waals surface area (Å²) >= 11 is 5.88. The Morgan fingerprint density at radius 1 is 1.37 bits per heavy atom. The Bertz CT molecular complexity index is 534. The first-order valence-electron chi connectivity index (χ1n) is 5.89. The molecule has 5 heteroatoms. The molecule has 2 N–H and O–H groups in total. The van der Waals surface area contributed by atoms with Crippen molar-refractivity contribution in [2.45, 2.75) is 25.4 Å². The molecule has 0 unspecified atom stereocenters. The summed E-state index contributed by atoms with van der Waals surface area (Å²) in [5, 5.41) is 0.636. The van der Waals surface area contributed by atoms with Crippen LogP contribution in [0.5, 0.6) is 0 Å². The van der Waals surface area contributed by atoms with Gasteiger partial charge in [-0.2, -0.15) is 0 Å². The Morgan fingerprint density at radius 3 is 2.47 bits per heavy atom. The highest BCUT2D eigenvalue weighted by molar-refractivity contribution is 6.30. The third-order valence-electron chi connectivity index (χ3n) is 3.23. The van der Waals surface area contributed by atoms with Crippen molar-refractivity contribution >= 4 is 17.6 Å². The highest BCUT2D eigenvalue weighted by atomic mass is 35.5. The Morgan fingerprint density at radius 2 is 1.95 bits per heavy atom. The fourth-order valence-corrected chi connectivity index (χ4v) is 2.56. The quantitative estimate of drug-likeness (QED) is 0.847. The van der Waals surface area contributed by atoms with Gasteiger partial charge < -0.3 is 15.2 Å². The van der Waals surface area contributed by atoms with Crippen LogP contribution in [0.25, 0.3) is 0 Å². The van der Waals surface area contributed by atoms with Crippen molar-refractivity contribution in [1.29, 1.82) is 0 Å². The van der Waals surface area contributed by atoms with Crippen LogP contribution in [-0.4, -0.2) is 18.7 Å². The van der Waals surface area contributed by atoms with E-state index in [1.54, 1.807) is 12.1 Å². The minimum absolute atomic E-state index is 0.122. The predicted octanol–water partition coefficient (Wildman–Crippen LogP) is 2.58. The van der Waals surface area contributed by atoms with E-state index in [1.807, 2.05) is 26.0 Å². The standard InChI is InChI=1S/C14H16ClNO3/c1-14(2)11(8-4-6-9(15)7-5-8)10(12(16)19-14)13(17)18-3/h4-7,11H,16H2,1-3H3/t11-/m0/s1. The monoisotopic (exact) mass is 281 g/mol. The van der Waals surface area contributed by atoms with Crippen LogP contribution in [0.1, 0.15) is 25.3 Å². The van der Waals surface area contributed by atoms with Gasteiger partial charge in [0.2, 0.25) is 0 Å². The molecule has 1 aliphatic rings. The second-order valence-corrected chi connectivity index (χ2v) is 5.40. The Hall–Kier alpha value is -1.68. The van der Waals surface area contributed by atoms with Crippen molar-refractivity contribution in [3.63, 3.8) is 0 Å². The number of ether oxygens (including phenoxy) is 2. The Kier molecular flexibility index (Phi) is 3.45. The Labute approximate surface area is 117 Å². The molecule has 0 saturated carbocycles. The SMILES string of the molecule is COC(=O)C1=C(N)OC(C)(C)[C@H]1c1ccc(Cl)cc1. The molecule has 1 heterocycles. The van der Waals surface area contributed by atoms with Crippen LogP contribution in [0.4, 0.5) is 0 Å². The van der Waals surface area contributed by atoms with Crippen LogP contribution in [0.15, 0.2) is 35.7 Å². The molecule has 0 radical (unpaired) electrons. The fourth-order valence-electron chi connectivity index (χ4n) is 2.44. The zero-order chi connectivity index (χ0) is 14.2. The van der Waals surface area contributed by atoms with Crippen molar-refractivity contribution in [3.05, 3.63) is 46.3 Å². The number of carbonyl (C=O) groups excluding carboxylic acids is 1. The van der Waals surface area contributed by atoms with Crippen molar-refractivity contribution in [2.75, 3.05) is 7.11 Å². The number of hydrogen-bond acceptors (Lipinski definition) is 4. The largest absolute Gasteiger partial charge is 0.472 e. The summed E-state index contributed by atoms with van der Waals surface area (Å²) in [4.78, 5) is 11.9. The van der Waals surface area contributed by atoms with Gasteiger partial charge in [0.05, 0.1) is 13.0 Å². The summed E-state index contributed by atoms with van der Waals surface area (Å²) in [5.41, 5.74) is 6.48. The number of methoxy groups -OCH3 is 1. The topological polar surface area (TPSA) is 61.5 Å². The molecule has 1 aliphatic heterocycles. The molecule has 2 rings (SSSR count). The maximum absolute atomic E-state index is 11.9. The molecule has 0 aliphatic carbocycles. The van der Waals surface area contributed by atoms with E-state index < -0.39 is 11.6 Å². The summed E-state index contributed by atoms with van der Waals surface area (Å²) in [5.74, 6) is -0.628. The highest BCUT2D eigenvalue weighted by Gasteiger charge is 2.46. The van der Waals surface area contributed by atoms with Crippen LogP contribution >= 0.6 is 11.6 Å². The van der Waals surface area contributed by atoms with E-state index in [9.17, 15) is 4.79 Å². The molecule has 0 fully saturated rings. The second-order valence-electron chi connectivity index (χ2n) is 4.96. The van der Waals surface area contributed by atoms with Crippen molar-refractivity contribution in [2.24, 2.45) is 5.73 Å². The third-order valence-corrected chi connectivity index (χ3v) is 3.48. The molecule has 0 saturated heterocycles. The van der Waals surface area contributed by atoms with Crippen LogP contribution in [0.2, 0.25) is 5.02 Å². The number of esters is 1. The predicted molar refractivity (Wildman–Crippen MR) is 72.6 cm³/mol. The first-order chi connectivity index (χ1) is 8.86. The third kappa shape index (κ3) is 2.40. The molecular weight excluding hydrogens is 266 g/mol. The normalized spacial score (nSPS) is 21.2. The second kappa shape index (κ2) is 4.78. The van der Waals surface area contributed by atoms with Crippen LogP contribution in [0, 0.1) is 0 Å². The lowest BCUT2D eigenvalue weighted by Gasteiger charge is -2.27. The molecule has 4 nitrogen and oxygen atoms in total. The first kappa shape index (κ1) is 13.7. The molecule has 1 aromatic carbocycles. The zero-order valence-electron chi connectivity index (χ0n) is 11.1. The van der Waals surface area contributed by atoms with E-state index >= 15 is 0 Å². The van der Waals surface area contributed by atoms with Gasteiger partial charge in [0.1, 0.15) is 11.2 Å². The van der Waals surface area contributed by atoms with E-state index in [-0.39, 0.29) is 11.8 Å². The van der Waals surface area contributed by atoms with Gasteiger partial charge >= 0.3 is 5.97 Å². The van der Waals surface area contributed by atoms with Crippen molar-refractivity contribution < 1.29 is 14.3 Å². The van der Waals surface area contributed by atoms with Crippen molar-refractivity contribution in [1.82, 2.24) is 0 Å². The van der Waals surface area contributed by atoms with Gasteiger partial charge in [0.15, 0.2) is 5.88 Å². The van der Waals surface area contributed by atoms with Crippen LogP contribution < -0.4 is 5.73 Å². The lowest BCUT2D eigenvalue weighted by atomic mass is 9.81. The number of rotatable bonds is 2. The lowest BCUT2D eigenvalue weighted by molar-refractivity contribution is -0.136. The number of benzene rings is 1.